The predicted octanol–water partition coefficient (Wildman–Crippen LogP) is 8.39. The number of fused-ring (bicyclic) bond motifs is 3. The number of pyridine rings is 2. The summed E-state index contributed by atoms with van der Waals surface area (Å²) < 4.78 is 2.22. The molecular weight excluding hydrogens is 428 g/mol. The zero-order chi connectivity index (χ0) is 25.0. The number of nitrogens with zero attached hydrogens (tertiary/aromatic N) is 4. The molecule has 0 amide bonds. The van der Waals surface area contributed by atoms with Crippen LogP contribution in [0.25, 0.3) is 43.7 Å². The van der Waals surface area contributed by atoms with Crippen LogP contribution >= 0.6 is 0 Å². The molecule has 0 spiro atoms. The van der Waals surface area contributed by atoms with Crippen molar-refractivity contribution in [1.82, 2.24) is 14.5 Å². The SMILES string of the molecule is [C-]#[N+]c1ccc(-c2cccc(-n3c4ccc(C(C)(C)C)cc4c4cc(C(C)(C)C)ncc43)n2)cc1. The molecule has 0 aliphatic heterocycles. The van der Waals surface area contributed by atoms with Gasteiger partial charge in [-0.05, 0) is 46.9 Å². The Labute approximate surface area is 207 Å². The Morgan fingerprint density at radius 1 is 0.771 bits per heavy atom. The molecule has 35 heavy (non-hydrogen) atoms. The van der Waals surface area contributed by atoms with Gasteiger partial charge in [0.05, 0.1) is 29.5 Å². The van der Waals surface area contributed by atoms with Gasteiger partial charge in [0.1, 0.15) is 5.82 Å². The minimum atomic E-state index is -0.0418. The number of benzene rings is 2. The van der Waals surface area contributed by atoms with Gasteiger partial charge in [-0.1, -0.05) is 77.9 Å². The average Bonchev–Trinajstić information content (AvgIpc) is 3.16. The first-order chi connectivity index (χ1) is 16.6. The summed E-state index contributed by atoms with van der Waals surface area (Å²) in [5, 5.41) is 2.41. The quantitative estimate of drug-likeness (QED) is 0.249. The fourth-order valence-electron chi connectivity index (χ4n) is 4.46. The van der Waals surface area contributed by atoms with E-state index in [4.69, 9.17) is 16.5 Å². The number of aromatic nitrogens is 3. The lowest BCUT2D eigenvalue weighted by molar-refractivity contribution is 0.570. The number of hydrogen-bond acceptors (Lipinski definition) is 2. The van der Waals surface area contributed by atoms with Crippen LogP contribution in [-0.4, -0.2) is 14.5 Å². The van der Waals surface area contributed by atoms with Gasteiger partial charge in [0, 0.05) is 21.9 Å². The van der Waals surface area contributed by atoms with Crippen molar-refractivity contribution in [1.29, 1.82) is 0 Å². The van der Waals surface area contributed by atoms with Gasteiger partial charge < -0.3 is 0 Å². The van der Waals surface area contributed by atoms with E-state index in [1.54, 1.807) is 0 Å². The maximum Gasteiger partial charge on any atom is 0.187 e. The molecule has 0 saturated heterocycles. The van der Waals surface area contributed by atoms with Crippen molar-refractivity contribution in [3.05, 3.63) is 95.6 Å². The van der Waals surface area contributed by atoms with Crippen LogP contribution in [0.4, 0.5) is 5.69 Å². The van der Waals surface area contributed by atoms with E-state index in [1.807, 2.05) is 48.7 Å². The Balaban J connectivity index is 1.78. The van der Waals surface area contributed by atoms with Crippen molar-refractivity contribution >= 4 is 27.5 Å². The standard InChI is InChI=1S/C31H30N4/c1-30(2,3)21-13-16-26-23(17-21)24-18-28(31(4,5)6)33-19-27(24)35(26)29-10-8-9-25(34-29)20-11-14-22(32-7)15-12-20/h8-19H,1-6H3. The van der Waals surface area contributed by atoms with Crippen molar-refractivity contribution in [2.75, 3.05) is 0 Å². The highest BCUT2D eigenvalue weighted by molar-refractivity contribution is 6.09. The van der Waals surface area contributed by atoms with Gasteiger partial charge in [0.15, 0.2) is 5.69 Å². The zero-order valence-corrected chi connectivity index (χ0v) is 21.2. The third-order valence-electron chi connectivity index (χ3n) is 6.54. The highest BCUT2D eigenvalue weighted by Gasteiger charge is 2.22. The second kappa shape index (κ2) is 8.06. The largest absolute Gasteiger partial charge is 0.292 e. The zero-order valence-electron chi connectivity index (χ0n) is 21.2. The summed E-state index contributed by atoms with van der Waals surface area (Å²) >= 11 is 0. The van der Waals surface area contributed by atoms with Gasteiger partial charge in [-0.3, -0.25) is 9.55 Å². The normalized spacial score (nSPS) is 12.3. The molecule has 0 atom stereocenters. The van der Waals surface area contributed by atoms with E-state index in [0.29, 0.717) is 5.69 Å². The van der Waals surface area contributed by atoms with E-state index >= 15 is 0 Å². The lowest BCUT2D eigenvalue weighted by atomic mass is 9.86. The van der Waals surface area contributed by atoms with E-state index in [-0.39, 0.29) is 10.8 Å². The van der Waals surface area contributed by atoms with Crippen molar-refractivity contribution in [3.63, 3.8) is 0 Å². The first kappa shape index (κ1) is 22.8. The van der Waals surface area contributed by atoms with Gasteiger partial charge in [0.2, 0.25) is 0 Å². The van der Waals surface area contributed by atoms with E-state index < -0.39 is 0 Å². The second-order valence-corrected chi connectivity index (χ2v) is 11.2. The molecule has 3 heterocycles. The van der Waals surface area contributed by atoms with Crippen LogP contribution in [0, 0.1) is 6.57 Å². The summed E-state index contributed by atoms with van der Waals surface area (Å²) in [6, 6.07) is 22.7. The minimum Gasteiger partial charge on any atom is -0.292 e. The molecule has 0 bridgehead atoms. The Morgan fingerprint density at radius 3 is 2.14 bits per heavy atom. The molecule has 4 heteroatoms. The Morgan fingerprint density at radius 2 is 1.49 bits per heavy atom. The van der Waals surface area contributed by atoms with Crippen LogP contribution in [-0.2, 0) is 10.8 Å². The van der Waals surface area contributed by atoms with Gasteiger partial charge in [-0.25, -0.2) is 9.83 Å². The number of rotatable bonds is 2. The summed E-state index contributed by atoms with van der Waals surface area (Å²) in [7, 11) is 0. The highest BCUT2D eigenvalue weighted by atomic mass is 15.1. The molecule has 0 fully saturated rings. The molecule has 174 valence electrons. The molecule has 3 aromatic heterocycles. The molecule has 0 aliphatic rings. The van der Waals surface area contributed by atoms with Crippen molar-refractivity contribution in [3.8, 4) is 17.1 Å². The first-order valence-corrected chi connectivity index (χ1v) is 12.0. The molecule has 5 aromatic rings. The molecule has 0 saturated carbocycles. The predicted molar refractivity (Wildman–Crippen MR) is 145 cm³/mol. The molecule has 4 nitrogen and oxygen atoms in total. The minimum absolute atomic E-state index is 0.0418. The fraction of sp³-hybridized carbons (Fsp3) is 0.258. The van der Waals surface area contributed by atoms with Gasteiger partial charge in [-0.2, -0.15) is 0 Å². The molecule has 5 rings (SSSR count). The second-order valence-electron chi connectivity index (χ2n) is 11.2. The topological polar surface area (TPSA) is 35.1 Å². The van der Waals surface area contributed by atoms with Crippen LogP contribution < -0.4 is 0 Å². The molecule has 0 N–H and O–H groups in total. The maximum absolute atomic E-state index is 7.21. The smallest absolute Gasteiger partial charge is 0.187 e. The van der Waals surface area contributed by atoms with Gasteiger partial charge >= 0.3 is 0 Å². The highest BCUT2D eigenvalue weighted by Crippen LogP contribution is 2.36. The lowest BCUT2D eigenvalue weighted by Crippen LogP contribution is -2.13. The molecule has 0 radical (unpaired) electrons. The summed E-state index contributed by atoms with van der Waals surface area (Å²) in [4.78, 5) is 13.4. The third kappa shape index (κ3) is 4.08. The summed E-state index contributed by atoms with van der Waals surface area (Å²) in [5.74, 6) is 0.852. The summed E-state index contributed by atoms with van der Waals surface area (Å²) in [6.45, 7) is 20.6. The van der Waals surface area contributed by atoms with Crippen LogP contribution in [0.15, 0.2) is 72.9 Å². The Bertz CT molecular complexity index is 1530. The molecule has 0 aliphatic carbocycles. The Hall–Kier alpha value is -3.97. The van der Waals surface area contributed by atoms with Crippen LogP contribution in [0.5, 0.6) is 0 Å². The van der Waals surface area contributed by atoms with E-state index in [0.717, 1.165) is 33.8 Å². The molecule has 2 aromatic carbocycles. The van der Waals surface area contributed by atoms with Gasteiger partial charge in [-0.15, -0.1) is 0 Å². The monoisotopic (exact) mass is 458 g/mol. The summed E-state index contributed by atoms with van der Waals surface area (Å²) in [6.07, 6.45) is 1.99. The van der Waals surface area contributed by atoms with Crippen molar-refractivity contribution in [2.24, 2.45) is 0 Å². The van der Waals surface area contributed by atoms with Crippen LogP contribution in [0.3, 0.4) is 0 Å². The molecule has 0 unspecified atom stereocenters. The maximum atomic E-state index is 7.21. The third-order valence-corrected chi connectivity index (χ3v) is 6.54. The van der Waals surface area contributed by atoms with E-state index in [2.05, 4.69) is 75.2 Å². The lowest BCUT2D eigenvalue weighted by Gasteiger charge is -2.19. The van der Waals surface area contributed by atoms with E-state index in [1.165, 1.54) is 16.3 Å². The van der Waals surface area contributed by atoms with Crippen LogP contribution in [0.1, 0.15) is 52.8 Å². The van der Waals surface area contributed by atoms with E-state index in [9.17, 15) is 0 Å². The number of hydrogen-bond donors (Lipinski definition) is 0. The summed E-state index contributed by atoms with van der Waals surface area (Å²) in [5.41, 5.74) is 7.05. The average molecular weight is 459 g/mol. The van der Waals surface area contributed by atoms with Crippen molar-refractivity contribution < 1.29 is 0 Å². The molecular formula is C31H30N4. The van der Waals surface area contributed by atoms with Gasteiger partial charge in [0.25, 0.3) is 0 Å². The first-order valence-electron chi connectivity index (χ1n) is 12.0. The fourth-order valence-corrected chi connectivity index (χ4v) is 4.46. The van der Waals surface area contributed by atoms with Crippen LogP contribution in [0.2, 0.25) is 0 Å². The van der Waals surface area contributed by atoms with Crippen molar-refractivity contribution in [2.45, 2.75) is 52.4 Å². The Kier molecular flexibility index (Phi) is 5.25.